The van der Waals surface area contributed by atoms with E-state index in [1.54, 1.807) is 18.2 Å². The summed E-state index contributed by atoms with van der Waals surface area (Å²) in [4.78, 5) is 0. The minimum Gasteiger partial charge on any atom is -0.507 e. The van der Waals surface area contributed by atoms with Gasteiger partial charge in [-0.1, -0.05) is 24.3 Å². The maximum Gasteiger partial charge on any atom is 0.200 e. The molecule has 7 rings (SSSR count). The van der Waals surface area contributed by atoms with Crippen LogP contribution in [0.25, 0.3) is 11.1 Å². The molecule has 4 aromatic rings. The van der Waals surface area contributed by atoms with Crippen LogP contribution in [0, 0.1) is 0 Å². The fourth-order valence-corrected chi connectivity index (χ4v) is 6.74. The number of benzene rings is 4. The number of nitrogens with one attached hydrogen (secondary N) is 1. The second-order valence-corrected chi connectivity index (χ2v) is 11.2. The molecule has 0 unspecified atom stereocenters. The molecule has 0 radical (unpaired) electrons. The summed E-state index contributed by atoms with van der Waals surface area (Å²) in [5.41, 5.74) is 8.80. The van der Waals surface area contributed by atoms with Crippen LogP contribution in [-0.2, 0) is 32.6 Å². The molecule has 0 fully saturated rings. The Balaban J connectivity index is 1.30. The maximum absolute atomic E-state index is 11.9. The van der Waals surface area contributed by atoms with Gasteiger partial charge in [0.25, 0.3) is 0 Å². The molecule has 0 amide bonds. The predicted octanol–water partition coefficient (Wildman–Crippen LogP) is 5.09. The summed E-state index contributed by atoms with van der Waals surface area (Å²) < 4.78 is 23.3. The maximum atomic E-state index is 11.9. The number of rotatable bonds is 7. The SMILES string of the molecule is COc1cc([C@@H]2COc3cc4c5c(c3[C@H]2O)CCc2c(OCc3cccc(CO)c3)cc(O)c(c2-5)CN4)cc(OC)c1O. The molecule has 5 N–H and O–H groups in total. The molecular weight excluding hydrogens is 550 g/mol. The first kappa shape index (κ1) is 27.2. The average molecular weight is 584 g/mol. The third-order valence-corrected chi connectivity index (χ3v) is 8.84. The monoisotopic (exact) mass is 583 g/mol. The van der Waals surface area contributed by atoms with Crippen LogP contribution in [0.2, 0.25) is 0 Å². The summed E-state index contributed by atoms with van der Waals surface area (Å²) in [7, 11) is 2.94. The molecule has 4 aromatic carbocycles. The van der Waals surface area contributed by atoms with E-state index in [1.165, 1.54) is 14.2 Å². The van der Waals surface area contributed by atoms with E-state index in [0.29, 0.717) is 37.5 Å². The molecular formula is C34H33NO8. The minimum atomic E-state index is -0.887. The first-order valence-corrected chi connectivity index (χ1v) is 14.3. The molecule has 2 atom stereocenters. The number of phenolic OH excluding ortho intramolecular Hbond substituents is 2. The molecule has 2 heterocycles. The van der Waals surface area contributed by atoms with Crippen LogP contribution in [0.15, 0.2) is 48.5 Å². The second kappa shape index (κ2) is 10.6. The molecule has 9 nitrogen and oxygen atoms in total. The van der Waals surface area contributed by atoms with Gasteiger partial charge >= 0.3 is 0 Å². The van der Waals surface area contributed by atoms with Crippen LogP contribution in [0.4, 0.5) is 5.69 Å². The quantitative estimate of drug-likeness (QED) is 0.202. The summed E-state index contributed by atoms with van der Waals surface area (Å²) in [5, 5.41) is 46.4. The van der Waals surface area contributed by atoms with Gasteiger partial charge in [-0.3, -0.25) is 0 Å². The van der Waals surface area contributed by atoms with Crippen LogP contribution in [0.1, 0.15) is 51.0 Å². The molecule has 0 spiro atoms. The number of methoxy groups -OCH3 is 2. The Labute approximate surface area is 248 Å². The number of hydrogen-bond donors (Lipinski definition) is 5. The molecule has 0 saturated heterocycles. The zero-order valence-electron chi connectivity index (χ0n) is 23.9. The molecule has 3 aliphatic rings. The molecule has 43 heavy (non-hydrogen) atoms. The third-order valence-electron chi connectivity index (χ3n) is 8.84. The molecule has 222 valence electrons. The van der Waals surface area contributed by atoms with E-state index in [0.717, 1.165) is 55.8 Å². The highest BCUT2D eigenvalue weighted by molar-refractivity contribution is 5.93. The average Bonchev–Trinajstić information content (AvgIpc) is 3.03. The van der Waals surface area contributed by atoms with Crippen molar-refractivity contribution >= 4 is 5.69 Å². The number of aliphatic hydroxyl groups excluding tert-OH is 2. The predicted molar refractivity (Wildman–Crippen MR) is 159 cm³/mol. The van der Waals surface area contributed by atoms with Crippen molar-refractivity contribution in [3.63, 3.8) is 0 Å². The third kappa shape index (κ3) is 4.38. The van der Waals surface area contributed by atoms with Gasteiger partial charge in [0.1, 0.15) is 23.9 Å². The lowest BCUT2D eigenvalue weighted by Crippen LogP contribution is -2.28. The number of aliphatic hydroxyl groups is 2. The van der Waals surface area contributed by atoms with Crippen LogP contribution < -0.4 is 24.3 Å². The van der Waals surface area contributed by atoms with E-state index in [9.17, 15) is 20.4 Å². The van der Waals surface area contributed by atoms with Crippen molar-refractivity contribution in [2.45, 2.75) is 44.6 Å². The Kier molecular flexibility index (Phi) is 6.71. The molecule has 0 aromatic heterocycles. The standard InChI is InChI=1S/C34H33NO8/c1-40-28-9-19(10-29(41-2)34(28)39)23-16-43-27-11-24-31-21(32(27)33(23)38)7-6-20-26(12-25(37)22(13-35-24)30(20)31)42-15-18-5-3-4-17(8-18)14-36/h3-5,8-12,23,33,35-39H,6-7,13-16H2,1-2H3/t23-,33-/m0/s1. The largest absolute Gasteiger partial charge is 0.507 e. The van der Waals surface area contributed by atoms with Crippen LogP contribution in [0.3, 0.4) is 0 Å². The summed E-state index contributed by atoms with van der Waals surface area (Å²) >= 11 is 0. The van der Waals surface area contributed by atoms with Gasteiger partial charge < -0.3 is 44.7 Å². The summed E-state index contributed by atoms with van der Waals surface area (Å²) in [6.07, 6.45) is 0.424. The van der Waals surface area contributed by atoms with Crippen molar-refractivity contribution in [1.29, 1.82) is 0 Å². The van der Waals surface area contributed by atoms with Crippen molar-refractivity contribution in [3.05, 3.63) is 87.5 Å². The molecule has 1 aliphatic carbocycles. The zero-order chi connectivity index (χ0) is 29.8. The smallest absolute Gasteiger partial charge is 0.200 e. The van der Waals surface area contributed by atoms with Gasteiger partial charge in [-0.25, -0.2) is 0 Å². The number of hydrogen-bond acceptors (Lipinski definition) is 9. The fourth-order valence-electron chi connectivity index (χ4n) is 6.74. The van der Waals surface area contributed by atoms with Crippen LogP contribution in [-0.4, -0.2) is 41.3 Å². The highest BCUT2D eigenvalue weighted by Crippen LogP contribution is 2.55. The van der Waals surface area contributed by atoms with Gasteiger partial charge in [0, 0.05) is 52.5 Å². The first-order valence-electron chi connectivity index (χ1n) is 14.3. The lowest BCUT2D eigenvalue weighted by Gasteiger charge is -2.38. The number of aromatic hydroxyl groups is 2. The molecule has 2 aliphatic heterocycles. The molecule has 0 bridgehead atoms. The highest BCUT2D eigenvalue weighted by atomic mass is 16.5. The summed E-state index contributed by atoms with van der Waals surface area (Å²) in [6, 6.07) is 14.7. The Morgan fingerprint density at radius 1 is 0.884 bits per heavy atom. The van der Waals surface area contributed by atoms with Gasteiger partial charge in [0.05, 0.1) is 33.5 Å². The number of phenols is 2. The number of ether oxygens (including phenoxy) is 4. The van der Waals surface area contributed by atoms with E-state index < -0.39 is 12.0 Å². The van der Waals surface area contributed by atoms with Crippen molar-refractivity contribution in [2.75, 3.05) is 26.1 Å². The van der Waals surface area contributed by atoms with Crippen LogP contribution in [0.5, 0.6) is 34.5 Å². The van der Waals surface area contributed by atoms with Crippen LogP contribution >= 0.6 is 0 Å². The Morgan fingerprint density at radius 3 is 2.37 bits per heavy atom. The van der Waals surface area contributed by atoms with E-state index >= 15 is 0 Å². The van der Waals surface area contributed by atoms with Gasteiger partial charge in [-0.2, -0.15) is 0 Å². The van der Waals surface area contributed by atoms with Gasteiger partial charge in [0.15, 0.2) is 11.5 Å². The summed E-state index contributed by atoms with van der Waals surface area (Å²) in [6.45, 7) is 0.951. The number of anilines is 1. The van der Waals surface area contributed by atoms with E-state index in [1.807, 2.05) is 30.3 Å². The zero-order valence-corrected chi connectivity index (χ0v) is 23.9. The van der Waals surface area contributed by atoms with Gasteiger partial charge in [-0.15, -0.1) is 0 Å². The van der Waals surface area contributed by atoms with E-state index in [-0.39, 0.29) is 36.2 Å². The van der Waals surface area contributed by atoms with Gasteiger partial charge in [-0.05, 0) is 52.8 Å². The normalized spacial score (nSPS) is 17.7. The Bertz CT molecular complexity index is 1720. The summed E-state index contributed by atoms with van der Waals surface area (Å²) in [5.74, 6) is 1.40. The van der Waals surface area contributed by atoms with Crippen molar-refractivity contribution in [2.24, 2.45) is 0 Å². The van der Waals surface area contributed by atoms with E-state index in [4.69, 9.17) is 18.9 Å². The Hall–Kier alpha value is -4.60. The topological polar surface area (TPSA) is 130 Å². The lowest BCUT2D eigenvalue weighted by atomic mass is 9.74. The van der Waals surface area contributed by atoms with E-state index in [2.05, 4.69) is 5.32 Å². The Morgan fingerprint density at radius 2 is 1.63 bits per heavy atom. The van der Waals surface area contributed by atoms with Gasteiger partial charge in [0.2, 0.25) is 5.75 Å². The minimum absolute atomic E-state index is 0.0418. The van der Waals surface area contributed by atoms with Crippen molar-refractivity contribution in [3.8, 4) is 45.6 Å². The fraction of sp³-hybridized carbons (Fsp3) is 0.294. The lowest BCUT2D eigenvalue weighted by molar-refractivity contribution is 0.0878. The van der Waals surface area contributed by atoms with Crippen molar-refractivity contribution in [1.82, 2.24) is 0 Å². The second-order valence-electron chi connectivity index (χ2n) is 11.2. The highest BCUT2D eigenvalue weighted by Gasteiger charge is 2.39. The van der Waals surface area contributed by atoms with Crippen molar-refractivity contribution < 1.29 is 39.4 Å². The first-order chi connectivity index (χ1) is 20.9. The number of fused-ring (bicyclic) bond motifs is 2. The molecule has 9 heteroatoms. The molecule has 0 saturated carbocycles.